The van der Waals surface area contributed by atoms with Gasteiger partial charge in [0.2, 0.25) is 15.9 Å². The predicted octanol–water partition coefficient (Wildman–Crippen LogP) is -2.01. The molecule has 7 nitrogen and oxygen atoms in total. The maximum Gasteiger partial charge on any atom is 0.238 e. The average Bonchev–Trinajstić information content (AvgIpc) is 2.24. The van der Waals surface area contributed by atoms with Gasteiger partial charge in [0.1, 0.15) is 0 Å². The Hall–Kier alpha value is -0.700. The van der Waals surface area contributed by atoms with Crippen LogP contribution >= 0.6 is 0 Å². The Labute approximate surface area is 108 Å². The molecule has 106 valence electrons. The molecule has 1 saturated heterocycles. The minimum atomic E-state index is -3.28. The number of hydrogen-bond acceptors (Lipinski definition) is 5. The SMILES string of the molecule is CC(C)(CNC(=O)C1CNCCN1)NS(C)(=O)=O. The monoisotopic (exact) mass is 278 g/mol. The molecule has 0 aliphatic carbocycles. The topological polar surface area (TPSA) is 99.3 Å². The minimum absolute atomic E-state index is 0.120. The standard InChI is InChI=1S/C10H22N4O3S/c1-10(2,14-18(3,16)17)7-13-9(15)8-6-11-4-5-12-8/h8,11-12,14H,4-7H2,1-3H3,(H,13,15). The number of sulfonamides is 1. The maximum absolute atomic E-state index is 11.8. The summed E-state index contributed by atoms with van der Waals surface area (Å²) in [6, 6.07) is -0.257. The van der Waals surface area contributed by atoms with E-state index in [-0.39, 0.29) is 18.5 Å². The molecule has 0 aromatic heterocycles. The molecule has 0 aromatic carbocycles. The molecule has 18 heavy (non-hydrogen) atoms. The Kier molecular flexibility index (Phi) is 5.09. The second kappa shape index (κ2) is 5.96. The third-order valence-electron chi connectivity index (χ3n) is 2.52. The fourth-order valence-corrected chi connectivity index (χ4v) is 2.88. The molecule has 4 N–H and O–H groups in total. The maximum atomic E-state index is 11.8. The third-order valence-corrected chi connectivity index (χ3v) is 3.45. The van der Waals surface area contributed by atoms with Gasteiger partial charge >= 0.3 is 0 Å². The van der Waals surface area contributed by atoms with Gasteiger partial charge in [0, 0.05) is 31.7 Å². The lowest BCUT2D eigenvalue weighted by molar-refractivity contribution is -0.123. The highest BCUT2D eigenvalue weighted by Crippen LogP contribution is 2.02. The molecular weight excluding hydrogens is 256 g/mol. The lowest BCUT2D eigenvalue weighted by Crippen LogP contribution is -2.58. The zero-order chi connectivity index (χ0) is 13.8. The Balaban J connectivity index is 2.41. The summed E-state index contributed by atoms with van der Waals surface area (Å²) in [4.78, 5) is 11.8. The number of amides is 1. The van der Waals surface area contributed by atoms with Crippen LogP contribution in [0.3, 0.4) is 0 Å². The Morgan fingerprint density at radius 1 is 1.39 bits per heavy atom. The predicted molar refractivity (Wildman–Crippen MR) is 69.7 cm³/mol. The van der Waals surface area contributed by atoms with Crippen molar-refractivity contribution in [1.29, 1.82) is 0 Å². The summed E-state index contributed by atoms with van der Waals surface area (Å²) in [7, 11) is -3.28. The van der Waals surface area contributed by atoms with Crippen molar-refractivity contribution in [3.63, 3.8) is 0 Å². The zero-order valence-corrected chi connectivity index (χ0v) is 11.9. The molecule has 8 heteroatoms. The van der Waals surface area contributed by atoms with Gasteiger partial charge in [0.25, 0.3) is 0 Å². The number of carbonyl (C=O) groups excluding carboxylic acids is 1. The van der Waals surface area contributed by atoms with Gasteiger partial charge in [-0.1, -0.05) is 0 Å². The Morgan fingerprint density at radius 3 is 2.56 bits per heavy atom. The van der Waals surface area contributed by atoms with Crippen LogP contribution in [0.5, 0.6) is 0 Å². The summed E-state index contributed by atoms with van der Waals surface area (Å²) < 4.78 is 24.8. The van der Waals surface area contributed by atoms with Gasteiger partial charge in [-0.2, -0.15) is 0 Å². The van der Waals surface area contributed by atoms with Crippen LogP contribution in [0.15, 0.2) is 0 Å². The first kappa shape index (κ1) is 15.4. The van der Waals surface area contributed by atoms with E-state index in [4.69, 9.17) is 0 Å². The van der Waals surface area contributed by atoms with E-state index in [1.807, 2.05) is 0 Å². The van der Waals surface area contributed by atoms with E-state index in [2.05, 4.69) is 20.7 Å². The third kappa shape index (κ3) is 5.76. The van der Waals surface area contributed by atoms with Crippen LogP contribution in [0.2, 0.25) is 0 Å². The lowest BCUT2D eigenvalue weighted by Gasteiger charge is -2.28. The van der Waals surface area contributed by atoms with Crippen molar-refractivity contribution in [3.8, 4) is 0 Å². The molecule has 0 saturated carbocycles. The highest BCUT2D eigenvalue weighted by molar-refractivity contribution is 7.88. The highest BCUT2D eigenvalue weighted by Gasteiger charge is 2.25. The first-order chi connectivity index (χ1) is 8.20. The molecule has 1 atom stereocenters. The van der Waals surface area contributed by atoms with E-state index in [9.17, 15) is 13.2 Å². The number of nitrogens with one attached hydrogen (secondary N) is 4. The van der Waals surface area contributed by atoms with Gasteiger partial charge in [0.05, 0.1) is 12.3 Å². The largest absolute Gasteiger partial charge is 0.353 e. The van der Waals surface area contributed by atoms with Gasteiger partial charge in [-0.3, -0.25) is 4.79 Å². The van der Waals surface area contributed by atoms with Crippen LogP contribution < -0.4 is 20.7 Å². The van der Waals surface area contributed by atoms with Crippen molar-refractivity contribution in [1.82, 2.24) is 20.7 Å². The molecule has 0 aromatic rings. The van der Waals surface area contributed by atoms with Crippen LogP contribution in [0.25, 0.3) is 0 Å². The Bertz CT molecular complexity index is 388. The van der Waals surface area contributed by atoms with Crippen LogP contribution in [-0.2, 0) is 14.8 Å². The summed E-state index contributed by atoms with van der Waals surface area (Å²) in [5.41, 5.74) is -0.703. The summed E-state index contributed by atoms with van der Waals surface area (Å²) in [6.07, 6.45) is 1.10. The van der Waals surface area contributed by atoms with E-state index < -0.39 is 15.6 Å². The lowest BCUT2D eigenvalue weighted by atomic mass is 10.1. The van der Waals surface area contributed by atoms with Crippen molar-refractivity contribution >= 4 is 15.9 Å². The average molecular weight is 278 g/mol. The molecule has 0 radical (unpaired) electrons. The smallest absolute Gasteiger partial charge is 0.238 e. The summed E-state index contributed by atoms with van der Waals surface area (Å²) in [5.74, 6) is -0.120. The molecule has 1 fully saturated rings. The summed E-state index contributed by atoms with van der Waals surface area (Å²) in [6.45, 7) is 5.89. The van der Waals surface area contributed by atoms with E-state index in [1.165, 1.54) is 0 Å². The number of rotatable bonds is 5. The van der Waals surface area contributed by atoms with Crippen LogP contribution in [0.1, 0.15) is 13.8 Å². The van der Waals surface area contributed by atoms with Gasteiger partial charge in [-0.05, 0) is 13.8 Å². The summed E-state index contributed by atoms with van der Waals surface area (Å²) in [5, 5.41) is 8.95. The number of piperazine rings is 1. The minimum Gasteiger partial charge on any atom is -0.353 e. The fourth-order valence-electron chi connectivity index (χ4n) is 1.81. The van der Waals surface area contributed by atoms with Crippen LogP contribution in [0.4, 0.5) is 0 Å². The number of hydrogen-bond donors (Lipinski definition) is 4. The van der Waals surface area contributed by atoms with E-state index in [1.54, 1.807) is 13.8 Å². The molecule has 1 rings (SSSR count). The van der Waals surface area contributed by atoms with Gasteiger partial charge in [-0.15, -0.1) is 0 Å². The molecule has 0 spiro atoms. The van der Waals surface area contributed by atoms with Crippen molar-refractivity contribution in [2.75, 3.05) is 32.4 Å². The highest BCUT2D eigenvalue weighted by atomic mass is 32.2. The van der Waals surface area contributed by atoms with Gasteiger partial charge in [0.15, 0.2) is 0 Å². The van der Waals surface area contributed by atoms with Crippen molar-refractivity contribution < 1.29 is 13.2 Å². The second-order valence-electron chi connectivity index (χ2n) is 5.19. The summed E-state index contributed by atoms with van der Waals surface area (Å²) >= 11 is 0. The first-order valence-corrected chi connectivity index (χ1v) is 7.79. The van der Waals surface area contributed by atoms with Crippen LogP contribution in [0, 0.1) is 0 Å². The van der Waals surface area contributed by atoms with Crippen molar-refractivity contribution in [2.24, 2.45) is 0 Å². The fraction of sp³-hybridized carbons (Fsp3) is 0.900. The van der Waals surface area contributed by atoms with Crippen molar-refractivity contribution in [3.05, 3.63) is 0 Å². The van der Waals surface area contributed by atoms with Crippen LogP contribution in [-0.4, -0.2) is 58.3 Å². The van der Waals surface area contributed by atoms with Gasteiger partial charge < -0.3 is 16.0 Å². The second-order valence-corrected chi connectivity index (χ2v) is 6.94. The molecule has 1 aliphatic heterocycles. The molecule has 1 aliphatic rings. The molecule has 1 unspecified atom stereocenters. The quantitative estimate of drug-likeness (QED) is 0.466. The first-order valence-electron chi connectivity index (χ1n) is 5.90. The van der Waals surface area contributed by atoms with E-state index in [0.29, 0.717) is 6.54 Å². The number of carbonyl (C=O) groups is 1. The normalized spacial score (nSPS) is 21.6. The molecule has 0 bridgehead atoms. The molecule has 1 heterocycles. The van der Waals surface area contributed by atoms with Gasteiger partial charge in [-0.25, -0.2) is 13.1 Å². The zero-order valence-electron chi connectivity index (χ0n) is 11.0. The van der Waals surface area contributed by atoms with E-state index >= 15 is 0 Å². The Morgan fingerprint density at radius 2 is 2.06 bits per heavy atom. The molecule has 1 amide bonds. The van der Waals surface area contributed by atoms with E-state index in [0.717, 1.165) is 19.3 Å². The molecular formula is C10H22N4O3S. The van der Waals surface area contributed by atoms with Crippen molar-refractivity contribution in [2.45, 2.75) is 25.4 Å².